The van der Waals surface area contributed by atoms with Crippen LogP contribution in [0.2, 0.25) is 0 Å². The van der Waals surface area contributed by atoms with Gasteiger partial charge in [0.15, 0.2) is 0 Å². The molecule has 0 radical (unpaired) electrons. The Hall–Kier alpha value is -3.15. The topological polar surface area (TPSA) is 69.0 Å². The maximum absolute atomic E-state index is 12.3. The van der Waals surface area contributed by atoms with E-state index in [1.165, 1.54) is 0 Å². The number of carbonyl (C=O) groups excluding carboxylic acids is 1. The number of benzene rings is 1. The third kappa shape index (κ3) is 4.47. The van der Waals surface area contributed by atoms with E-state index in [4.69, 9.17) is 4.74 Å². The molecule has 0 aliphatic heterocycles. The molecule has 2 aromatic heterocycles. The van der Waals surface area contributed by atoms with E-state index in [0.29, 0.717) is 12.1 Å². The van der Waals surface area contributed by atoms with Crippen molar-refractivity contribution in [2.45, 2.75) is 26.5 Å². The van der Waals surface area contributed by atoms with Crippen LogP contribution in [0.5, 0.6) is 5.75 Å². The van der Waals surface area contributed by atoms with Crippen molar-refractivity contribution in [3.63, 3.8) is 0 Å². The number of rotatable bonds is 6. The molecule has 26 heavy (non-hydrogen) atoms. The second kappa shape index (κ2) is 7.82. The molecule has 0 fully saturated rings. The lowest BCUT2D eigenvalue weighted by molar-refractivity contribution is 0.0951. The molecule has 6 nitrogen and oxygen atoms in total. The van der Waals surface area contributed by atoms with Gasteiger partial charge in [-0.25, -0.2) is 0 Å². The number of ether oxygens (including phenoxy) is 1. The molecule has 3 aromatic rings. The van der Waals surface area contributed by atoms with Gasteiger partial charge in [0, 0.05) is 37.1 Å². The Balaban J connectivity index is 1.57. The van der Waals surface area contributed by atoms with E-state index in [1.807, 2.05) is 39.2 Å². The molecule has 2 heterocycles. The number of nitrogens with one attached hydrogen (secondary N) is 1. The second-order valence-electron chi connectivity index (χ2n) is 6.33. The van der Waals surface area contributed by atoms with Crippen molar-refractivity contribution in [2.75, 3.05) is 0 Å². The fraction of sp³-hybridized carbons (Fsp3) is 0.250. The zero-order valence-corrected chi connectivity index (χ0v) is 15.1. The molecule has 0 atom stereocenters. The molecule has 0 saturated heterocycles. The second-order valence-corrected chi connectivity index (χ2v) is 6.33. The molecule has 1 N–H and O–H groups in total. The lowest BCUT2D eigenvalue weighted by Gasteiger charge is -2.10. The highest BCUT2D eigenvalue weighted by Gasteiger charge is 2.07. The molecule has 0 spiro atoms. The van der Waals surface area contributed by atoms with Gasteiger partial charge in [-0.15, -0.1) is 0 Å². The lowest BCUT2D eigenvalue weighted by Crippen LogP contribution is -2.22. The largest absolute Gasteiger partial charge is 0.491 e. The maximum Gasteiger partial charge on any atom is 0.251 e. The van der Waals surface area contributed by atoms with E-state index in [-0.39, 0.29) is 12.0 Å². The van der Waals surface area contributed by atoms with Crippen molar-refractivity contribution >= 4 is 5.91 Å². The highest BCUT2D eigenvalue weighted by Crippen LogP contribution is 2.16. The van der Waals surface area contributed by atoms with Gasteiger partial charge in [0.25, 0.3) is 5.91 Å². The Morgan fingerprint density at radius 1 is 1.15 bits per heavy atom. The summed E-state index contributed by atoms with van der Waals surface area (Å²) in [4.78, 5) is 16.7. The van der Waals surface area contributed by atoms with Gasteiger partial charge >= 0.3 is 0 Å². The van der Waals surface area contributed by atoms with Crippen LogP contribution in [0.3, 0.4) is 0 Å². The zero-order valence-electron chi connectivity index (χ0n) is 15.1. The number of nitrogens with zero attached hydrogens (tertiary/aromatic N) is 3. The van der Waals surface area contributed by atoms with Gasteiger partial charge in [0.05, 0.1) is 18.0 Å². The fourth-order valence-corrected chi connectivity index (χ4v) is 2.49. The van der Waals surface area contributed by atoms with Gasteiger partial charge in [-0.2, -0.15) is 5.10 Å². The van der Waals surface area contributed by atoms with Crippen LogP contribution in [-0.4, -0.2) is 26.8 Å². The van der Waals surface area contributed by atoms with Gasteiger partial charge in [-0.3, -0.25) is 14.5 Å². The van der Waals surface area contributed by atoms with Crippen LogP contribution in [0, 0.1) is 0 Å². The standard InChI is InChI=1S/C20H22N4O2/c1-14(2)26-18-7-5-16(6-8-18)20(25)22-11-15-4-9-19(21-10-15)17-12-23-24(3)13-17/h4-10,12-14H,11H2,1-3H3,(H,22,25). The van der Waals surface area contributed by atoms with Crippen molar-refractivity contribution in [3.8, 4) is 17.0 Å². The zero-order chi connectivity index (χ0) is 18.5. The summed E-state index contributed by atoms with van der Waals surface area (Å²) in [6.45, 7) is 4.35. The van der Waals surface area contributed by atoms with Crippen molar-refractivity contribution in [2.24, 2.45) is 7.05 Å². The third-order valence-electron chi connectivity index (χ3n) is 3.77. The van der Waals surface area contributed by atoms with Crippen molar-refractivity contribution in [1.29, 1.82) is 0 Å². The highest BCUT2D eigenvalue weighted by atomic mass is 16.5. The molecule has 3 rings (SSSR count). The Morgan fingerprint density at radius 2 is 1.92 bits per heavy atom. The van der Waals surface area contributed by atoms with E-state index >= 15 is 0 Å². The number of amides is 1. The molecule has 1 amide bonds. The molecule has 0 aliphatic rings. The summed E-state index contributed by atoms with van der Waals surface area (Å²) >= 11 is 0. The summed E-state index contributed by atoms with van der Waals surface area (Å²) in [5.74, 6) is 0.629. The SMILES string of the molecule is CC(C)Oc1ccc(C(=O)NCc2ccc(-c3cnn(C)c3)nc2)cc1. The minimum Gasteiger partial charge on any atom is -0.491 e. The van der Waals surface area contributed by atoms with Crippen LogP contribution in [0.1, 0.15) is 29.8 Å². The average Bonchev–Trinajstić information content (AvgIpc) is 3.07. The number of aromatic nitrogens is 3. The Morgan fingerprint density at radius 3 is 2.50 bits per heavy atom. The predicted molar refractivity (Wildman–Crippen MR) is 99.8 cm³/mol. The molecule has 0 bridgehead atoms. The molecule has 1 aromatic carbocycles. The van der Waals surface area contributed by atoms with Gasteiger partial charge in [-0.1, -0.05) is 6.07 Å². The van der Waals surface area contributed by atoms with E-state index in [2.05, 4.69) is 15.4 Å². The number of hydrogen-bond donors (Lipinski definition) is 1. The molecule has 0 saturated carbocycles. The van der Waals surface area contributed by atoms with Gasteiger partial charge in [-0.05, 0) is 49.7 Å². The quantitative estimate of drug-likeness (QED) is 0.741. The Kier molecular flexibility index (Phi) is 5.31. The lowest BCUT2D eigenvalue weighted by atomic mass is 10.2. The normalized spacial score (nSPS) is 10.8. The van der Waals surface area contributed by atoms with Crippen LogP contribution < -0.4 is 10.1 Å². The van der Waals surface area contributed by atoms with Gasteiger partial charge in [0.1, 0.15) is 5.75 Å². The molecule has 6 heteroatoms. The smallest absolute Gasteiger partial charge is 0.251 e. The minimum absolute atomic E-state index is 0.108. The minimum atomic E-state index is -0.127. The molecular formula is C20H22N4O2. The first-order valence-corrected chi connectivity index (χ1v) is 8.50. The van der Waals surface area contributed by atoms with Crippen LogP contribution >= 0.6 is 0 Å². The van der Waals surface area contributed by atoms with E-state index < -0.39 is 0 Å². The molecular weight excluding hydrogens is 328 g/mol. The van der Waals surface area contributed by atoms with Crippen LogP contribution in [0.15, 0.2) is 55.0 Å². The number of hydrogen-bond acceptors (Lipinski definition) is 4. The summed E-state index contributed by atoms with van der Waals surface area (Å²) in [7, 11) is 1.87. The first kappa shape index (κ1) is 17.7. The summed E-state index contributed by atoms with van der Waals surface area (Å²) in [5, 5.41) is 7.04. The summed E-state index contributed by atoms with van der Waals surface area (Å²) in [6.07, 6.45) is 5.56. The third-order valence-corrected chi connectivity index (χ3v) is 3.77. The number of pyridine rings is 1. The fourth-order valence-electron chi connectivity index (χ4n) is 2.49. The van der Waals surface area contributed by atoms with Crippen LogP contribution in [0.25, 0.3) is 11.3 Å². The summed E-state index contributed by atoms with van der Waals surface area (Å²) in [6, 6.07) is 11.0. The Bertz CT molecular complexity index is 868. The van der Waals surface area contributed by atoms with E-state index in [0.717, 1.165) is 22.6 Å². The Labute approximate surface area is 152 Å². The van der Waals surface area contributed by atoms with E-state index in [1.54, 1.807) is 41.3 Å². The molecule has 134 valence electrons. The summed E-state index contributed by atoms with van der Waals surface area (Å²) in [5.41, 5.74) is 3.35. The van der Waals surface area contributed by atoms with Crippen LogP contribution in [0.4, 0.5) is 0 Å². The monoisotopic (exact) mass is 350 g/mol. The molecule has 0 aliphatic carbocycles. The van der Waals surface area contributed by atoms with Crippen LogP contribution in [-0.2, 0) is 13.6 Å². The van der Waals surface area contributed by atoms with Crippen molar-refractivity contribution < 1.29 is 9.53 Å². The van der Waals surface area contributed by atoms with E-state index in [9.17, 15) is 4.79 Å². The first-order chi connectivity index (χ1) is 12.5. The molecule has 0 unspecified atom stereocenters. The summed E-state index contributed by atoms with van der Waals surface area (Å²) < 4.78 is 7.32. The van der Waals surface area contributed by atoms with Gasteiger partial charge in [0.2, 0.25) is 0 Å². The van der Waals surface area contributed by atoms with Gasteiger partial charge < -0.3 is 10.1 Å². The average molecular weight is 350 g/mol. The first-order valence-electron chi connectivity index (χ1n) is 8.50. The number of carbonyl (C=O) groups is 1. The number of aryl methyl sites for hydroxylation is 1. The van der Waals surface area contributed by atoms with Crippen molar-refractivity contribution in [1.82, 2.24) is 20.1 Å². The maximum atomic E-state index is 12.3. The van der Waals surface area contributed by atoms with Crippen molar-refractivity contribution in [3.05, 3.63) is 66.1 Å². The highest BCUT2D eigenvalue weighted by molar-refractivity contribution is 5.94. The predicted octanol–water partition coefficient (Wildman–Crippen LogP) is 3.20.